The average Bonchev–Trinajstić information content (AvgIpc) is 2.02. The van der Waals surface area contributed by atoms with Crippen molar-refractivity contribution >= 4 is 18.4 Å². The summed E-state index contributed by atoms with van der Waals surface area (Å²) in [6.07, 6.45) is 2.37. The lowest BCUT2D eigenvalue weighted by Crippen LogP contribution is -2.48. The Hall–Kier alpha value is -0.280. The number of hydrogen-bond donors (Lipinski definition) is 1. The van der Waals surface area contributed by atoms with E-state index in [4.69, 9.17) is 5.11 Å². The normalized spacial score (nSPS) is 24.7. The van der Waals surface area contributed by atoms with Crippen molar-refractivity contribution in [1.29, 1.82) is 0 Å². The highest BCUT2D eigenvalue weighted by Gasteiger charge is 2.31. The van der Waals surface area contributed by atoms with Crippen LogP contribution >= 0.6 is 12.4 Å². The Kier molecular flexibility index (Phi) is 6.22. The SMILES string of the molecule is CC1CCCN(C(C(=O)O)C(C)C)C1.Cl. The van der Waals surface area contributed by atoms with Crippen LogP contribution in [0, 0.1) is 11.8 Å². The predicted octanol–water partition coefficient (Wildman–Crippen LogP) is 2.25. The van der Waals surface area contributed by atoms with Crippen molar-refractivity contribution in [3.05, 3.63) is 0 Å². The van der Waals surface area contributed by atoms with Gasteiger partial charge in [0.2, 0.25) is 0 Å². The number of aliphatic carboxylic acids is 1. The van der Waals surface area contributed by atoms with Crippen molar-refractivity contribution in [3.8, 4) is 0 Å². The maximum atomic E-state index is 11.1. The molecule has 0 aromatic rings. The van der Waals surface area contributed by atoms with Gasteiger partial charge < -0.3 is 5.11 Å². The van der Waals surface area contributed by atoms with E-state index in [2.05, 4.69) is 11.8 Å². The molecule has 1 N–H and O–H groups in total. The molecule has 0 bridgehead atoms. The van der Waals surface area contributed by atoms with Crippen LogP contribution < -0.4 is 0 Å². The molecule has 0 aliphatic carbocycles. The second-order valence-corrected chi connectivity index (χ2v) is 4.77. The minimum Gasteiger partial charge on any atom is -0.480 e. The molecule has 1 aliphatic rings. The first-order valence-electron chi connectivity index (χ1n) is 5.49. The lowest BCUT2D eigenvalue weighted by molar-refractivity contribution is -0.145. The van der Waals surface area contributed by atoms with Crippen molar-refractivity contribution in [2.45, 2.75) is 39.7 Å². The van der Waals surface area contributed by atoms with E-state index in [1.165, 1.54) is 6.42 Å². The van der Waals surface area contributed by atoms with Crippen LogP contribution in [0.15, 0.2) is 0 Å². The molecule has 0 radical (unpaired) electrons. The Morgan fingerprint density at radius 2 is 2.07 bits per heavy atom. The Morgan fingerprint density at radius 3 is 2.47 bits per heavy atom. The fourth-order valence-corrected chi connectivity index (χ4v) is 2.34. The van der Waals surface area contributed by atoms with Gasteiger partial charge in [0.15, 0.2) is 0 Å². The highest BCUT2D eigenvalue weighted by Crippen LogP contribution is 2.21. The molecule has 1 saturated heterocycles. The minimum atomic E-state index is -0.672. The molecule has 0 aromatic heterocycles. The summed E-state index contributed by atoms with van der Waals surface area (Å²) in [4.78, 5) is 13.2. The van der Waals surface area contributed by atoms with Gasteiger partial charge in [-0.15, -0.1) is 12.4 Å². The highest BCUT2D eigenvalue weighted by molar-refractivity contribution is 5.85. The molecule has 1 fully saturated rings. The molecule has 0 saturated carbocycles. The van der Waals surface area contributed by atoms with Crippen molar-refractivity contribution in [2.75, 3.05) is 13.1 Å². The van der Waals surface area contributed by atoms with E-state index < -0.39 is 5.97 Å². The topological polar surface area (TPSA) is 40.5 Å². The van der Waals surface area contributed by atoms with E-state index in [-0.39, 0.29) is 24.4 Å². The molecule has 90 valence electrons. The summed E-state index contributed by atoms with van der Waals surface area (Å²) in [5, 5.41) is 9.14. The number of likely N-dealkylation sites (tertiary alicyclic amines) is 1. The number of piperidine rings is 1. The Morgan fingerprint density at radius 1 is 1.47 bits per heavy atom. The number of carbonyl (C=O) groups is 1. The Labute approximate surface area is 98.3 Å². The second-order valence-electron chi connectivity index (χ2n) is 4.77. The highest BCUT2D eigenvalue weighted by atomic mass is 35.5. The first-order chi connectivity index (χ1) is 6.52. The van der Waals surface area contributed by atoms with Crippen LogP contribution in [0.1, 0.15) is 33.6 Å². The van der Waals surface area contributed by atoms with Gasteiger partial charge in [0.25, 0.3) is 0 Å². The van der Waals surface area contributed by atoms with Gasteiger partial charge in [0.05, 0.1) is 0 Å². The van der Waals surface area contributed by atoms with Gasteiger partial charge in [0.1, 0.15) is 6.04 Å². The Bertz CT molecular complexity index is 209. The fraction of sp³-hybridized carbons (Fsp3) is 0.909. The molecule has 1 heterocycles. The molecule has 2 unspecified atom stereocenters. The lowest BCUT2D eigenvalue weighted by atomic mass is 9.95. The van der Waals surface area contributed by atoms with Gasteiger partial charge in [-0.05, 0) is 31.2 Å². The molecule has 0 aromatic carbocycles. The molecule has 1 rings (SSSR count). The van der Waals surface area contributed by atoms with Crippen molar-refractivity contribution in [3.63, 3.8) is 0 Å². The lowest BCUT2D eigenvalue weighted by Gasteiger charge is -2.36. The van der Waals surface area contributed by atoms with Gasteiger partial charge in [-0.1, -0.05) is 20.8 Å². The molecule has 4 heteroatoms. The Balaban J connectivity index is 0.00000196. The van der Waals surface area contributed by atoms with Crippen molar-refractivity contribution in [2.24, 2.45) is 11.8 Å². The van der Waals surface area contributed by atoms with Crippen LogP contribution in [0.2, 0.25) is 0 Å². The second kappa shape index (κ2) is 6.33. The number of carboxylic acids is 1. The van der Waals surface area contributed by atoms with E-state index in [0.29, 0.717) is 5.92 Å². The molecule has 0 amide bonds. The smallest absolute Gasteiger partial charge is 0.321 e. The third-order valence-corrected chi connectivity index (χ3v) is 2.97. The van der Waals surface area contributed by atoms with Crippen LogP contribution in [-0.2, 0) is 4.79 Å². The van der Waals surface area contributed by atoms with Gasteiger partial charge in [0, 0.05) is 6.54 Å². The largest absolute Gasteiger partial charge is 0.480 e. The van der Waals surface area contributed by atoms with E-state index in [9.17, 15) is 4.79 Å². The molecule has 3 nitrogen and oxygen atoms in total. The van der Waals surface area contributed by atoms with Crippen LogP contribution in [0.5, 0.6) is 0 Å². The van der Waals surface area contributed by atoms with E-state index in [1.54, 1.807) is 0 Å². The zero-order valence-electron chi connectivity index (χ0n) is 9.77. The summed E-state index contributed by atoms with van der Waals surface area (Å²) in [5.74, 6) is 0.163. The molecule has 1 aliphatic heterocycles. The number of halogens is 1. The van der Waals surface area contributed by atoms with Gasteiger partial charge in [-0.2, -0.15) is 0 Å². The molecular weight excluding hydrogens is 214 g/mol. The van der Waals surface area contributed by atoms with E-state index in [0.717, 1.165) is 19.5 Å². The third kappa shape index (κ3) is 3.99. The number of carboxylic acid groups (broad SMARTS) is 1. The van der Waals surface area contributed by atoms with Crippen molar-refractivity contribution in [1.82, 2.24) is 4.90 Å². The average molecular weight is 236 g/mol. The standard InChI is InChI=1S/C11H21NO2.ClH/c1-8(2)10(11(13)14)12-6-4-5-9(3)7-12;/h8-10H,4-7H2,1-3H3,(H,13,14);1H. The minimum absolute atomic E-state index is 0. The summed E-state index contributed by atoms with van der Waals surface area (Å²) < 4.78 is 0. The van der Waals surface area contributed by atoms with Gasteiger partial charge in [-0.25, -0.2) is 0 Å². The summed E-state index contributed by atoms with van der Waals surface area (Å²) in [6, 6.07) is -0.294. The fourth-order valence-electron chi connectivity index (χ4n) is 2.34. The summed E-state index contributed by atoms with van der Waals surface area (Å²) in [5.41, 5.74) is 0. The van der Waals surface area contributed by atoms with E-state index in [1.807, 2.05) is 13.8 Å². The number of nitrogens with zero attached hydrogens (tertiary/aromatic N) is 1. The number of rotatable bonds is 3. The molecule has 0 spiro atoms. The summed E-state index contributed by atoms with van der Waals surface area (Å²) in [7, 11) is 0. The first-order valence-corrected chi connectivity index (χ1v) is 5.49. The maximum Gasteiger partial charge on any atom is 0.321 e. The summed E-state index contributed by atoms with van der Waals surface area (Å²) >= 11 is 0. The van der Waals surface area contributed by atoms with Crippen LogP contribution in [-0.4, -0.2) is 35.1 Å². The maximum absolute atomic E-state index is 11.1. The molecular formula is C11H22ClNO2. The van der Waals surface area contributed by atoms with Gasteiger partial charge in [-0.3, -0.25) is 9.69 Å². The van der Waals surface area contributed by atoms with Crippen LogP contribution in [0.25, 0.3) is 0 Å². The summed E-state index contributed by atoms with van der Waals surface area (Å²) in [6.45, 7) is 8.05. The van der Waals surface area contributed by atoms with Crippen LogP contribution in [0.4, 0.5) is 0 Å². The van der Waals surface area contributed by atoms with Crippen LogP contribution in [0.3, 0.4) is 0 Å². The zero-order chi connectivity index (χ0) is 10.7. The zero-order valence-corrected chi connectivity index (χ0v) is 10.6. The van der Waals surface area contributed by atoms with Crippen molar-refractivity contribution < 1.29 is 9.90 Å². The monoisotopic (exact) mass is 235 g/mol. The molecule has 2 atom stereocenters. The van der Waals surface area contributed by atoms with Gasteiger partial charge >= 0.3 is 5.97 Å². The third-order valence-electron chi connectivity index (χ3n) is 2.97. The number of hydrogen-bond acceptors (Lipinski definition) is 2. The predicted molar refractivity (Wildman–Crippen MR) is 63.5 cm³/mol. The first kappa shape index (κ1) is 14.7. The quantitative estimate of drug-likeness (QED) is 0.816. The molecule has 15 heavy (non-hydrogen) atoms. The van der Waals surface area contributed by atoms with E-state index >= 15 is 0 Å².